The third-order valence-electron chi connectivity index (χ3n) is 6.00. The van der Waals surface area contributed by atoms with E-state index in [4.69, 9.17) is 0 Å². The summed E-state index contributed by atoms with van der Waals surface area (Å²) in [6, 6.07) is 16.5. The Kier molecular flexibility index (Phi) is 7.27. The molecule has 2 aromatic carbocycles. The summed E-state index contributed by atoms with van der Waals surface area (Å²) < 4.78 is 0. The van der Waals surface area contributed by atoms with Gasteiger partial charge >= 0.3 is 0 Å². The fourth-order valence-electron chi connectivity index (χ4n) is 3.83. The summed E-state index contributed by atoms with van der Waals surface area (Å²) >= 11 is 0. The second-order valence-electron chi connectivity index (χ2n) is 8.53. The molecule has 30 heavy (non-hydrogen) atoms. The van der Waals surface area contributed by atoms with Crippen LogP contribution in [0.25, 0.3) is 0 Å². The minimum absolute atomic E-state index is 0.0323. The van der Waals surface area contributed by atoms with Gasteiger partial charge in [0.2, 0.25) is 11.8 Å². The summed E-state index contributed by atoms with van der Waals surface area (Å²) in [4.78, 5) is 29.2. The van der Waals surface area contributed by atoms with E-state index in [1.54, 1.807) is 7.05 Å². The number of anilines is 1. The van der Waals surface area contributed by atoms with E-state index < -0.39 is 0 Å². The molecular formula is C25H33N3O2. The van der Waals surface area contributed by atoms with Crippen molar-refractivity contribution in [2.75, 3.05) is 25.5 Å². The summed E-state index contributed by atoms with van der Waals surface area (Å²) in [5.41, 5.74) is 4.07. The first-order chi connectivity index (χ1) is 14.3. The molecule has 0 spiro atoms. The highest BCUT2D eigenvalue weighted by molar-refractivity contribution is 5.95. The molecule has 1 aliphatic carbocycles. The zero-order valence-corrected chi connectivity index (χ0v) is 18.5. The molecule has 5 heteroatoms. The van der Waals surface area contributed by atoms with Crippen molar-refractivity contribution in [3.05, 3.63) is 65.2 Å². The van der Waals surface area contributed by atoms with Crippen LogP contribution in [0.15, 0.2) is 48.5 Å². The largest absolute Gasteiger partial charge is 0.335 e. The van der Waals surface area contributed by atoms with Gasteiger partial charge in [-0.1, -0.05) is 48.5 Å². The Bertz CT molecular complexity index is 857. The number of hydrogen-bond acceptors (Lipinski definition) is 3. The third kappa shape index (κ3) is 5.92. The Morgan fingerprint density at radius 1 is 1.00 bits per heavy atom. The smallest absolute Gasteiger partial charge is 0.243 e. The summed E-state index contributed by atoms with van der Waals surface area (Å²) in [6.45, 7) is 7.26. The molecular weight excluding hydrogens is 374 g/mol. The molecule has 5 nitrogen and oxygen atoms in total. The van der Waals surface area contributed by atoms with Crippen LogP contribution in [-0.2, 0) is 16.1 Å². The summed E-state index contributed by atoms with van der Waals surface area (Å²) in [7, 11) is 1.70. The molecule has 0 bridgehead atoms. The quantitative estimate of drug-likeness (QED) is 0.684. The van der Waals surface area contributed by atoms with Gasteiger partial charge in [-0.05, 0) is 56.2 Å². The number of rotatable bonds is 9. The average molecular weight is 408 g/mol. The molecule has 0 saturated heterocycles. The molecule has 2 amide bonds. The van der Waals surface area contributed by atoms with Crippen LogP contribution in [0.5, 0.6) is 0 Å². The number of benzene rings is 2. The van der Waals surface area contributed by atoms with Crippen molar-refractivity contribution in [1.82, 2.24) is 9.80 Å². The van der Waals surface area contributed by atoms with Gasteiger partial charge < -0.3 is 10.2 Å². The number of carbonyl (C=O) groups is 2. The minimum Gasteiger partial charge on any atom is -0.335 e. The number of para-hydroxylation sites is 1. The van der Waals surface area contributed by atoms with E-state index in [-0.39, 0.29) is 18.4 Å². The van der Waals surface area contributed by atoms with Gasteiger partial charge in [0, 0.05) is 25.3 Å². The molecule has 0 aliphatic heterocycles. The number of nitrogens with one attached hydrogen (secondary N) is 1. The second kappa shape index (κ2) is 9.90. The highest BCUT2D eigenvalue weighted by Crippen LogP contribution is 2.35. The molecule has 1 saturated carbocycles. The summed E-state index contributed by atoms with van der Waals surface area (Å²) in [5.74, 6) is 0.460. The predicted octanol–water partition coefficient (Wildman–Crippen LogP) is 4.00. The van der Waals surface area contributed by atoms with Crippen LogP contribution < -0.4 is 5.32 Å². The van der Waals surface area contributed by atoms with Crippen LogP contribution in [0.3, 0.4) is 0 Å². The number of amides is 2. The van der Waals surface area contributed by atoms with Crippen molar-refractivity contribution >= 4 is 17.5 Å². The van der Waals surface area contributed by atoms with Gasteiger partial charge in [-0.15, -0.1) is 0 Å². The Morgan fingerprint density at radius 2 is 1.63 bits per heavy atom. The van der Waals surface area contributed by atoms with Gasteiger partial charge in [-0.3, -0.25) is 14.5 Å². The summed E-state index contributed by atoms with van der Waals surface area (Å²) in [6.07, 6.45) is 2.46. The van der Waals surface area contributed by atoms with Crippen molar-refractivity contribution in [3.63, 3.8) is 0 Å². The first-order valence-electron chi connectivity index (χ1n) is 10.7. The van der Waals surface area contributed by atoms with Gasteiger partial charge in [0.1, 0.15) is 0 Å². The molecule has 1 N–H and O–H groups in total. The Labute approximate surface area is 180 Å². The lowest BCUT2D eigenvalue weighted by Gasteiger charge is -2.30. The molecule has 0 radical (unpaired) electrons. The average Bonchev–Trinajstić information content (AvgIpc) is 3.56. The first kappa shape index (κ1) is 22.0. The number of carbonyl (C=O) groups excluding carboxylic acids is 2. The van der Waals surface area contributed by atoms with Gasteiger partial charge in [0.05, 0.1) is 13.1 Å². The summed E-state index contributed by atoms with van der Waals surface area (Å²) in [5, 5.41) is 2.96. The monoisotopic (exact) mass is 407 g/mol. The van der Waals surface area contributed by atoms with E-state index >= 15 is 0 Å². The SMILES string of the molecule is Cc1cccc(C)c1NC(=O)CN(C)C(=O)CN(Cc1ccccc1)C(C)C1CC1. The van der Waals surface area contributed by atoms with Gasteiger partial charge in [-0.25, -0.2) is 0 Å². The van der Waals surface area contributed by atoms with Crippen molar-refractivity contribution in [2.24, 2.45) is 5.92 Å². The van der Waals surface area contributed by atoms with Crippen LogP contribution >= 0.6 is 0 Å². The number of nitrogens with zero attached hydrogens (tertiary/aromatic N) is 2. The Balaban J connectivity index is 1.59. The molecule has 3 rings (SSSR count). The first-order valence-corrected chi connectivity index (χ1v) is 10.7. The lowest BCUT2D eigenvalue weighted by molar-refractivity contribution is -0.135. The van der Waals surface area contributed by atoms with Crippen LogP contribution in [0.2, 0.25) is 0 Å². The maximum absolute atomic E-state index is 12.9. The normalized spacial score (nSPS) is 14.4. The topological polar surface area (TPSA) is 52.7 Å². The van der Waals surface area contributed by atoms with Gasteiger partial charge in [0.25, 0.3) is 0 Å². The van der Waals surface area contributed by atoms with E-state index in [1.807, 2.05) is 50.2 Å². The second-order valence-corrected chi connectivity index (χ2v) is 8.53. The van der Waals surface area contributed by atoms with Crippen LogP contribution in [0.4, 0.5) is 5.69 Å². The van der Waals surface area contributed by atoms with E-state index in [1.165, 1.54) is 23.3 Å². The van der Waals surface area contributed by atoms with Crippen LogP contribution in [0, 0.1) is 19.8 Å². The van der Waals surface area contributed by atoms with Crippen LogP contribution in [0.1, 0.15) is 36.5 Å². The predicted molar refractivity (Wildman–Crippen MR) is 121 cm³/mol. The van der Waals surface area contributed by atoms with Crippen molar-refractivity contribution in [2.45, 2.75) is 46.2 Å². The number of hydrogen-bond donors (Lipinski definition) is 1. The van der Waals surface area contributed by atoms with E-state index in [9.17, 15) is 9.59 Å². The molecule has 1 unspecified atom stereocenters. The van der Waals surface area contributed by atoms with Crippen molar-refractivity contribution < 1.29 is 9.59 Å². The molecule has 1 atom stereocenters. The minimum atomic E-state index is -0.173. The lowest BCUT2D eigenvalue weighted by Crippen LogP contribution is -2.44. The van der Waals surface area contributed by atoms with Crippen molar-refractivity contribution in [1.29, 1.82) is 0 Å². The fourth-order valence-corrected chi connectivity index (χ4v) is 3.83. The van der Waals surface area contributed by atoms with Crippen molar-refractivity contribution in [3.8, 4) is 0 Å². The molecule has 1 fully saturated rings. The molecule has 0 aromatic heterocycles. The Morgan fingerprint density at radius 3 is 2.23 bits per heavy atom. The maximum atomic E-state index is 12.9. The van der Waals surface area contributed by atoms with Gasteiger partial charge in [0.15, 0.2) is 0 Å². The number of likely N-dealkylation sites (N-methyl/N-ethyl adjacent to an activating group) is 1. The zero-order valence-electron chi connectivity index (χ0n) is 18.5. The van der Waals surface area contributed by atoms with E-state index in [0.717, 1.165) is 23.4 Å². The van der Waals surface area contributed by atoms with Crippen LogP contribution in [-0.4, -0.2) is 47.8 Å². The highest BCUT2D eigenvalue weighted by Gasteiger charge is 2.33. The molecule has 0 heterocycles. The standard InChI is InChI=1S/C25H33N3O2/c1-18-9-8-10-19(2)25(18)26-23(29)16-27(4)24(30)17-28(20(3)22-13-14-22)15-21-11-6-5-7-12-21/h5-12,20,22H,13-17H2,1-4H3,(H,26,29). The zero-order chi connectivity index (χ0) is 21.7. The lowest BCUT2D eigenvalue weighted by atomic mass is 10.1. The van der Waals surface area contributed by atoms with Gasteiger partial charge in [-0.2, -0.15) is 0 Å². The van der Waals surface area contributed by atoms with E-state index in [0.29, 0.717) is 18.5 Å². The Hall–Kier alpha value is -2.66. The fraction of sp³-hybridized carbons (Fsp3) is 0.440. The molecule has 160 valence electrons. The maximum Gasteiger partial charge on any atom is 0.243 e. The number of aryl methyl sites for hydroxylation is 2. The molecule has 1 aliphatic rings. The molecule has 2 aromatic rings. The van der Waals surface area contributed by atoms with E-state index in [2.05, 4.69) is 29.3 Å². The third-order valence-corrected chi connectivity index (χ3v) is 6.00. The highest BCUT2D eigenvalue weighted by atomic mass is 16.2.